The lowest BCUT2D eigenvalue weighted by molar-refractivity contribution is 0.122. The summed E-state index contributed by atoms with van der Waals surface area (Å²) < 4.78 is 16.5. The molecule has 6 rings (SSSR count). The molecular weight excluding hydrogens is 470 g/mol. The summed E-state index contributed by atoms with van der Waals surface area (Å²) in [6.45, 7) is 3.99. The first-order valence-electron chi connectivity index (χ1n) is 13.4. The smallest absolute Gasteiger partial charge is 0.330 e. The number of hydrogen-bond acceptors (Lipinski definition) is 7. The topological polar surface area (TPSA) is 79.7 Å². The van der Waals surface area contributed by atoms with Crippen LogP contribution in [0, 0.1) is 5.92 Å². The number of ether oxygens (including phenoxy) is 3. The first kappa shape index (κ1) is 24.0. The minimum absolute atomic E-state index is 0.0488. The predicted octanol–water partition coefficient (Wildman–Crippen LogP) is 4.09. The van der Waals surface area contributed by atoms with Crippen molar-refractivity contribution in [2.45, 2.75) is 44.7 Å². The van der Waals surface area contributed by atoms with E-state index in [9.17, 15) is 4.79 Å². The van der Waals surface area contributed by atoms with Crippen LogP contribution in [0.1, 0.15) is 43.4 Å². The van der Waals surface area contributed by atoms with Crippen molar-refractivity contribution in [3.05, 3.63) is 41.7 Å². The zero-order chi connectivity index (χ0) is 25.4. The van der Waals surface area contributed by atoms with Crippen LogP contribution in [0.4, 0.5) is 16.2 Å². The maximum Gasteiger partial charge on any atom is 0.330 e. The Kier molecular flexibility index (Phi) is 6.63. The lowest BCUT2D eigenvalue weighted by atomic mass is 9.84. The van der Waals surface area contributed by atoms with E-state index in [-0.39, 0.29) is 12.1 Å². The van der Waals surface area contributed by atoms with Crippen molar-refractivity contribution < 1.29 is 19.0 Å². The van der Waals surface area contributed by atoms with E-state index in [1.165, 1.54) is 32.1 Å². The van der Waals surface area contributed by atoms with Gasteiger partial charge in [0.15, 0.2) is 5.84 Å². The third-order valence-corrected chi connectivity index (χ3v) is 8.05. The summed E-state index contributed by atoms with van der Waals surface area (Å²) in [7, 11) is 3.27. The molecule has 2 amide bonds. The number of urea groups is 1. The lowest BCUT2D eigenvalue weighted by Crippen LogP contribution is -2.50. The fourth-order valence-corrected chi connectivity index (χ4v) is 6.03. The van der Waals surface area contributed by atoms with Crippen LogP contribution in [-0.4, -0.2) is 74.9 Å². The Morgan fingerprint density at radius 2 is 1.73 bits per heavy atom. The number of fused-ring (bicyclic) bond motifs is 3. The Labute approximate surface area is 218 Å². The molecule has 9 nitrogen and oxygen atoms in total. The average Bonchev–Trinajstić information content (AvgIpc) is 3.42. The number of nitrogens with zero attached hydrogens (tertiary/aromatic N) is 5. The number of methoxy groups -OCH3 is 2. The maximum atomic E-state index is 14.0. The van der Waals surface area contributed by atoms with E-state index in [4.69, 9.17) is 24.2 Å². The van der Waals surface area contributed by atoms with Crippen LogP contribution >= 0.6 is 0 Å². The average molecular weight is 506 g/mol. The van der Waals surface area contributed by atoms with E-state index in [2.05, 4.69) is 11.0 Å². The van der Waals surface area contributed by atoms with Gasteiger partial charge in [-0.05, 0) is 42.5 Å². The van der Waals surface area contributed by atoms with Gasteiger partial charge in [-0.15, -0.1) is 0 Å². The molecule has 37 heavy (non-hydrogen) atoms. The summed E-state index contributed by atoms with van der Waals surface area (Å²) in [5.74, 6) is 2.65. The third kappa shape index (κ3) is 4.61. The molecule has 1 atom stereocenters. The highest BCUT2D eigenvalue weighted by Gasteiger charge is 2.43. The van der Waals surface area contributed by atoms with Crippen molar-refractivity contribution >= 4 is 23.2 Å². The third-order valence-electron chi connectivity index (χ3n) is 8.05. The summed E-state index contributed by atoms with van der Waals surface area (Å²) in [4.78, 5) is 30.0. The van der Waals surface area contributed by atoms with Crippen molar-refractivity contribution in [3.63, 3.8) is 0 Å². The van der Waals surface area contributed by atoms with Gasteiger partial charge in [0.2, 0.25) is 0 Å². The van der Waals surface area contributed by atoms with E-state index in [0.29, 0.717) is 43.7 Å². The lowest BCUT2D eigenvalue weighted by Gasteiger charge is -2.36. The molecule has 2 aromatic rings. The molecule has 1 aromatic carbocycles. The number of rotatable bonds is 6. The molecule has 0 bridgehead atoms. The molecule has 0 spiro atoms. The number of pyridine rings is 1. The maximum absolute atomic E-state index is 14.0. The summed E-state index contributed by atoms with van der Waals surface area (Å²) in [6.07, 6.45) is 8.10. The minimum atomic E-state index is -0.0488. The number of hydrogen-bond donors (Lipinski definition) is 0. The van der Waals surface area contributed by atoms with Gasteiger partial charge in [-0.1, -0.05) is 19.3 Å². The second-order valence-corrected chi connectivity index (χ2v) is 10.3. The van der Waals surface area contributed by atoms with Crippen LogP contribution in [-0.2, 0) is 11.3 Å². The van der Waals surface area contributed by atoms with Crippen molar-refractivity contribution in [1.82, 2.24) is 9.88 Å². The molecule has 4 aliphatic rings. The largest absolute Gasteiger partial charge is 0.497 e. The van der Waals surface area contributed by atoms with E-state index >= 15 is 0 Å². The summed E-state index contributed by atoms with van der Waals surface area (Å²) in [5.41, 5.74) is 3.51. The Morgan fingerprint density at radius 3 is 2.43 bits per heavy atom. The highest BCUT2D eigenvalue weighted by molar-refractivity contribution is 6.19. The zero-order valence-electron chi connectivity index (χ0n) is 21.7. The number of aliphatic imine (C=N–C) groups is 1. The quantitative estimate of drug-likeness (QED) is 0.589. The highest BCUT2D eigenvalue weighted by Crippen LogP contribution is 2.38. The number of anilines is 2. The molecule has 9 heteroatoms. The molecule has 1 aromatic heterocycles. The van der Waals surface area contributed by atoms with Gasteiger partial charge < -0.3 is 19.1 Å². The van der Waals surface area contributed by atoms with E-state index in [1.54, 1.807) is 14.2 Å². The standard InChI is InChI=1S/C28H35N5O4/c1-35-22-12-19(13-23(15-22)36-2)17-32-25-14-21(31-8-10-37-11-9-31)16-29-26(25)27-30-24(18-33(27)28(32)34)20-6-4-3-5-7-20/h12-16,20,24H,3-11,17-18H2,1-2H3. The normalized spacial score (nSPS) is 22.0. The second kappa shape index (κ2) is 10.2. The van der Waals surface area contributed by atoms with Gasteiger partial charge in [0.05, 0.1) is 64.1 Å². The number of carbonyl (C=O) groups is 1. The molecule has 2 fully saturated rings. The van der Waals surface area contributed by atoms with Crippen LogP contribution in [0.15, 0.2) is 35.5 Å². The van der Waals surface area contributed by atoms with Gasteiger partial charge in [0, 0.05) is 19.2 Å². The van der Waals surface area contributed by atoms with Crippen molar-refractivity contribution in [3.8, 4) is 11.5 Å². The Balaban J connectivity index is 1.38. The monoisotopic (exact) mass is 505 g/mol. The van der Waals surface area contributed by atoms with E-state index < -0.39 is 0 Å². The second-order valence-electron chi connectivity index (χ2n) is 10.3. The van der Waals surface area contributed by atoms with Crippen LogP contribution in [0.25, 0.3) is 0 Å². The van der Waals surface area contributed by atoms with Crippen LogP contribution in [0.5, 0.6) is 11.5 Å². The molecule has 4 heterocycles. The number of benzene rings is 1. The fraction of sp³-hybridized carbons (Fsp3) is 0.536. The molecule has 1 aliphatic carbocycles. The number of amidine groups is 1. The number of aromatic nitrogens is 1. The molecule has 0 radical (unpaired) electrons. The SMILES string of the molecule is COc1cc(CN2C(=O)N3CC(C4CCCCC4)N=C3c3ncc(N4CCOCC4)cc32)cc(OC)c1. The summed E-state index contributed by atoms with van der Waals surface area (Å²) in [5, 5.41) is 0. The van der Waals surface area contributed by atoms with Crippen molar-refractivity contribution in [1.29, 1.82) is 0 Å². The molecule has 1 unspecified atom stereocenters. The van der Waals surface area contributed by atoms with Gasteiger partial charge in [-0.3, -0.25) is 14.8 Å². The first-order chi connectivity index (χ1) is 18.1. The van der Waals surface area contributed by atoms with Crippen LogP contribution < -0.4 is 19.3 Å². The van der Waals surface area contributed by atoms with Gasteiger partial charge in [0.25, 0.3) is 0 Å². The molecule has 0 N–H and O–H groups in total. The Hall–Kier alpha value is -3.33. The Bertz CT molecular complexity index is 1170. The number of amides is 2. The minimum Gasteiger partial charge on any atom is -0.497 e. The zero-order valence-corrected chi connectivity index (χ0v) is 21.7. The van der Waals surface area contributed by atoms with E-state index in [0.717, 1.165) is 41.6 Å². The van der Waals surface area contributed by atoms with Crippen LogP contribution in [0.2, 0.25) is 0 Å². The van der Waals surface area contributed by atoms with E-state index in [1.807, 2.05) is 34.2 Å². The van der Waals surface area contributed by atoms with Gasteiger partial charge in [-0.2, -0.15) is 0 Å². The highest BCUT2D eigenvalue weighted by atomic mass is 16.5. The van der Waals surface area contributed by atoms with Gasteiger partial charge in [-0.25, -0.2) is 9.78 Å². The van der Waals surface area contributed by atoms with Crippen LogP contribution in [0.3, 0.4) is 0 Å². The summed E-state index contributed by atoms with van der Waals surface area (Å²) in [6, 6.07) is 7.93. The first-order valence-corrected chi connectivity index (χ1v) is 13.4. The van der Waals surface area contributed by atoms with Crippen molar-refractivity contribution in [2.24, 2.45) is 10.9 Å². The Morgan fingerprint density at radius 1 is 1.00 bits per heavy atom. The number of carbonyl (C=O) groups excluding carboxylic acids is 1. The van der Waals surface area contributed by atoms with Crippen molar-refractivity contribution in [2.75, 3.05) is 56.9 Å². The van der Waals surface area contributed by atoms with Gasteiger partial charge in [0.1, 0.15) is 17.2 Å². The summed E-state index contributed by atoms with van der Waals surface area (Å²) >= 11 is 0. The molecular formula is C28H35N5O4. The van der Waals surface area contributed by atoms with Gasteiger partial charge >= 0.3 is 6.03 Å². The fourth-order valence-electron chi connectivity index (χ4n) is 6.03. The molecule has 3 aliphatic heterocycles. The molecule has 1 saturated heterocycles. The molecule has 1 saturated carbocycles. The molecule has 196 valence electrons. The predicted molar refractivity (Wildman–Crippen MR) is 142 cm³/mol. The number of morpholine rings is 1.